The molecule has 0 unspecified atom stereocenters. The summed E-state index contributed by atoms with van der Waals surface area (Å²) in [6, 6.07) is 5.93. The van der Waals surface area contributed by atoms with Crippen LogP contribution in [0.25, 0.3) is 0 Å². The molecule has 2 aliphatic heterocycles. The van der Waals surface area contributed by atoms with E-state index in [-0.39, 0.29) is 35.8 Å². The van der Waals surface area contributed by atoms with Gasteiger partial charge in [0.1, 0.15) is 11.4 Å². The molecule has 0 radical (unpaired) electrons. The third-order valence-electron chi connectivity index (χ3n) is 6.60. The third kappa shape index (κ3) is 3.66. The average Bonchev–Trinajstić information content (AvgIpc) is 3.27. The zero-order chi connectivity index (χ0) is 22.5. The van der Waals surface area contributed by atoms with Gasteiger partial charge >= 0.3 is 6.18 Å². The number of alkyl halides is 3. The van der Waals surface area contributed by atoms with Gasteiger partial charge in [0, 0.05) is 17.9 Å². The molecule has 2 bridgehead atoms. The SMILES string of the molecule is CNCC(=O)N1[C@@H]2CC[C@H]1c1ccc(Nc3ncc(C(F)(F)F)c(NC4CCC4)n3)cc12. The van der Waals surface area contributed by atoms with E-state index in [1.54, 1.807) is 7.05 Å². The van der Waals surface area contributed by atoms with Crippen LogP contribution in [0.15, 0.2) is 24.4 Å². The molecular weight excluding hydrogens is 421 g/mol. The molecule has 1 aromatic carbocycles. The quantitative estimate of drug-likeness (QED) is 0.619. The van der Waals surface area contributed by atoms with Crippen molar-refractivity contribution in [2.75, 3.05) is 24.2 Å². The number of nitrogens with one attached hydrogen (secondary N) is 3. The molecule has 3 N–H and O–H groups in total. The number of halogens is 3. The molecule has 5 rings (SSSR count). The van der Waals surface area contributed by atoms with Crippen LogP contribution in [-0.2, 0) is 11.0 Å². The zero-order valence-electron chi connectivity index (χ0n) is 17.7. The van der Waals surface area contributed by atoms with Crippen molar-refractivity contribution in [1.29, 1.82) is 0 Å². The van der Waals surface area contributed by atoms with Crippen LogP contribution >= 0.6 is 0 Å². The van der Waals surface area contributed by atoms with Crippen LogP contribution in [0.3, 0.4) is 0 Å². The highest BCUT2D eigenvalue weighted by atomic mass is 19.4. The van der Waals surface area contributed by atoms with E-state index < -0.39 is 11.7 Å². The Morgan fingerprint density at radius 3 is 2.56 bits per heavy atom. The molecule has 3 aliphatic rings. The first kappa shape index (κ1) is 21.0. The van der Waals surface area contributed by atoms with Gasteiger partial charge in [0.2, 0.25) is 11.9 Å². The van der Waals surface area contributed by atoms with Crippen LogP contribution in [-0.4, -0.2) is 40.4 Å². The smallest absolute Gasteiger partial charge is 0.367 e. The molecule has 3 heterocycles. The lowest BCUT2D eigenvalue weighted by Gasteiger charge is -2.28. The van der Waals surface area contributed by atoms with Crippen molar-refractivity contribution in [2.24, 2.45) is 0 Å². The summed E-state index contributed by atoms with van der Waals surface area (Å²) in [5.41, 5.74) is 2.04. The van der Waals surface area contributed by atoms with E-state index in [4.69, 9.17) is 0 Å². The fraction of sp³-hybridized carbons (Fsp3) is 0.500. The number of anilines is 3. The van der Waals surface area contributed by atoms with Crippen LogP contribution in [0.1, 0.15) is 60.9 Å². The molecule has 10 heteroatoms. The normalized spacial score (nSPS) is 21.9. The van der Waals surface area contributed by atoms with Crippen molar-refractivity contribution in [3.63, 3.8) is 0 Å². The van der Waals surface area contributed by atoms with Crippen LogP contribution in [0.5, 0.6) is 0 Å². The van der Waals surface area contributed by atoms with Gasteiger partial charge in [-0.3, -0.25) is 4.79 Å². The fourth-order valence-corrected chi connectivity index (χ4v) is 4.89. The molecule has 7 nitrogen and oxygen atoms in total. The Hall–Kier alpha value is -2.88. The largest absolute Gasteiger partial charge is 0.421 e. The van der Waals surface area contributed by atoms with Gasteiger partial charge in [-0.1, -0.05) is 6.07 Å². The first-order valence-electron chi connectivity index (χ1n) is 10.9. The van der Waals surface area contributed by atoms with Gasteiger partial charge in [0.15, 0.2) is 0 Å². The second-order valence-corrected chi connectivity index (χ2v) is 8.63. The Bertz CT molecular complexity index is 1040. The molecule has 2 aromatic rings. The summed E-state index contributed by atoms with van der Waals surface area (Å²) in [5, 5.41) is 8.88. The van der Waals surface area contributed by atoms with E-state index >= 15 is 0 Å². The lowest BCUT2D eigenvalue weighted by molar-refractivity contribution is -0.137. The summed E-state index contributed by atoms with van der Waals surface area (Å²) in [5.74, 6) is -0.0155. The van der Waals surface area contributed by atoms with Crippen LogP contribution in [0.4, 0.5) is 30.6 Å². The minimum absolute atomic E-state index is 0.00975. The van der Waals surface area contributed by atoms with Crippen molar-refractivity contribution in [3.05, 3.63) is 41.1 Å². The molecule has 1 aromatic heterocycles. The summed E-state index contributed by atoms with van der Waals surface area (Å²) in [7, 11) is 1.75. The third-order valence-corrected chi connectivity index (χ3v) is 6.60. The molecule has 32 heavy (non-hydrogen) atoms. The number of benzene rings is 1. The number of fused-ring (bicyclic) bond motifs is 5. The van der Waals surface area contributed by atoms with Gasteiger partial charge < -0.3 is 20.9 Å². The molecule has 2 atom stereocenters. The first-order chi connectivity index (χ1) is 15.3. The highest BCUT2D eigenvalue weighted by Crippen LogP contribution is 2.53. The Morgan fingerprint density at radius 2 is 1.91 bits per heavy atom. The number of hydrogen-bond acceptors (Lipinski definition) is 6. The maximum atomic E-state index is 13.4. The Kier molecular flexibility index (Phi) is 5.19. The number of rotatable bonds is 6. The first-order valence-corrected chi connectivity index (χ1v) is 10.9. The van der Waals surface area contributed by atoms with E-state index in [0.717, 1.165) is 49.4 Å². The Labute approximate surface area is 183 Å². The van der Waals surface area contributed by atoms with Gasteiger partial charge in [-0.2, -0.15) is 18.2 Å². The summed E-state index contributed by atoms with van der Waals surface area (Å²) in [6.07, 6.45) is 0.812. The number of carbonyl (C=O) groups is 1. The molecule has 170 valence electrons. The topological polar surface area (TPSA) is 82.2 Å². The molecule has 1 amide bonds. The van der Waals surface area contributed by atoms with E-state index in [0.29, 0.717) is 12.2 Å². The van der Waals surface area contributed by atoms with E-state index in [1.165, 1.54) is 0 Å². The molecule has 2 fully saturated rings. The van der Waals surface area contributed by atoms with Gasteiger partial charge in [-0.15, -0.1) is 0 Å². The monoisotopic (exact) mass is 446 g/mol. The number of aromatic nitrogens is 2. The Morgan fingerprint density at radius 1 is 1.16 bits per heavy atom. The molecule has 1 aliphatic carbocycles. The fourth-order valence-electron chi connectivity index (χ4n) is 4.89. The Balaban J connectivity index is 1.39. The number of likely N-dealkylation sites (N-methyl/N-ethyl adjacent to an activating group) is 1. The average molecular weight is 446 g/mol. The lowest BCUT2D eigenvalue weighted by atomic mass is 9.91. The minimum Gasteiger partial charge on any atom is -0.367 e. The van der Waals surface area contributed by atoms with Gasteiger partial charge in [0.05, 0.1) is 18.6 Å². The second-order valence-electron chi connectivity index (χ2n) is 8.63. The molecule has 1 saturated carbocycles. The highest BCUT2D eigenvalue weighted by Gasteiger charge is 2.46. The van der Waals surface area contributed by atoms with E-state index in [2.05, 4.69) is 25.9 Å². The molecular formula is C22H25F3N6O. The summed E-state index contributed by atoms with van der Waals surface area (Å²) >= 11 is 0. The van der Waals surface area contributed by atoms with Crippen LogP contribution in [0.2, 0.25) is 0 Å². The lowest BCUT2D eigenvalue weighted by Crippen LogP contribution is -2.34. The van der Waals surface area contributed by atoms with Crippen molar-refractivity contribution in [2.45, 2.75) is 56.4 Å². The summed E-state index contributed by atoms with van der Waals surface area (Å²) in [4.78, 5) is 22.5. The van der Waals surface area contributed by atoms with Crippen molar-refractivity contribution >= 4 is 23.4 Å². The zero-order valence-corrected chi connectivity index (χ0v) is 17.7. The molecule has 1 saturated heterocycles. The van der Waals surface area contributed by atoms with Crippen molar-refractivity contribution in [3.8, 4) is 0 Å². The maximum Gasteiger partial charge on any atom is 0.421 e. The minimum atomic E-state index is -4.53. The predicted molar refractivity (Wildman–Crippen MR) is 114 cm³/mol. The van der Waals surface area contributed by atoms with Crippen molar-refractivity contribution in [1.82, 2.24) is 20.2 Å². The number of carbonyl (C=O) groups excluding carboxylic acids is 1. The van der Waals surface area contributed by atoms with Gasteiger partial charge in [-0.05, 0) is 62.4 Å². The molecule has 0 spiro atoms. The van der Waals surface area contributed by atoms with Crippen LogP contribution < -0.4 is 16.0 Å². The summed E-state index contributed by atoms with van der Waals surface area (Å²) < 4.78 is 40.2. The van der Waals surface area contributed by atoms with E-state index in [9.17, 15) is 18.0 Å². The second kappa shape index (κ2) is 7.91. The maximum absolute atomic E-state index is 13.4. The predicted octanol–water partition coefficient (Wildman–Crippen LogP) is 4.14. The van der Waals surface area contributed by atoms with Gasteiger partial charge in [-0.25, -0.2) is 4.98 Å². The highest BCUT2D eigenvalue weighted by molar-refractivity contribution is 5.81. The number of nitrogens with zero attached hydrogens (tertiary/aromatic N) is 3. The van der Waals surface area contributed by atoms with Crippen LogP contribution in [0, 0.1) is 0 Å². The number of hydrogen-bond donors (Lipinski definition) is 3. The van der Waals surface area contributed by atoms with Gasteiger partial charge in [0.25, 0.3) is 0 Å². The van der Waals surface area contributed by atoms with Crippen molar-refractivity contribution < 1.29 is 18.0 Å². The summed E-state index contributed by atoms with van der Waals surface area (Å²) in [6.45, 7) is 0.294. The van der Waals surface area contributed by atoms with E-state index in [1.807, 2.05) is 23.1 Å². The standard InChI is InChI=1S/C22H25F3N6O/c1-26-11-19(32)31-17-7-8-18(31)15-9-13(5-6-14(15)17)29-21-27-10-16(22(23,24)25)20(30-21)28-12-3-2-4-12/h5-6,9-10,12,17-18,26H,2-4,7-8,11H2,1H3,(H2,27,28,29,30)/t17-,18+/m0/s1. The number of amides is 1.